The fraction of sp³-hybridized carbons (Fsp3) is 0.375. The quantitative estimate of drug-likeness (QED) is 0.838. The van der Waals surface area contributed by atoms with E-state index in [9.17, 15) is 18.5 Å². The average Bonchev–Trinajstić information content (AvgIpc) is 3.11. The summed E-state index contributed by atoms with van der Waals surface area (Å²) in [6, 6.07) is 4.48. The number of rotatable bonds is 4. The van der Waals surface area contributed by atoms with Gasteiger partial charge in [0.25, 0.3) is 0 Å². The van der Waals surface area contributed by atoms with Gasteiger partial charge >= 0.3 is 6.09 Å². The van der Waals surface area contributed by atoms with E-state index in [0.717, 1.165) is 0 Å². The van der Waals surface area contributed by atoms with E-state index in [4.69, 9.17) is 4.74 Å². The van der Waals surface area contributed by atoms with Gasteiger partial charge in [0.05, 0.1) is 18.8 Å². The Balaban J connectivity index is 1.87. The highest BCUT2D eigenvalue weighted by Gasteiger charge is 2.35. The first kappa shape index (κ1) is 16.8. The Morgan fingerprint density at radius 1 is 1.54 bits per heavy atom. The summed E-state index contributed by atoms with van der Waals surface area (Å²) < 4.78 is 31.2. The van der Waals surface area contributed by atoms with Crippen LogP contribution in [0.3, 0.4) is 0 Å². The Kier molecular flexibility index (Phi) is 4.77. The first-order chi connectivity index (χ1) is 11.5. The van der Waals surface area contributed by atoms with Crippen molar-refractivity contribution < 1.29 is 23.3 Å². The van der Waals surface area contributed by atoms with Gasteiger partial charge in [-0.3, -0.25) is 9.69 Å². The third-order valence-corrected chi connectivity index (χ3v) is 5.06. The van der Waals surface area contributed by atoms with Gasteiger partial charge in [-0.05, 0) is 23.3 Å². The number of benzene rings is 1. The Labute approximate surface area is 141 Å². The predicted molar refractivity (Wildman–Crippen MR) is 88.3 cm³/mol. The van der Waals surface area contributed by atoms with Crippen molar-refractivity contribution in [1.29, 1.82) is 0 Å². The third kappa shape index (κ3) is 3.39. The fourth-order valence-corrected chi connectivity index (χ4v) is 3.90. The highest BCUT2D eigenvalue weighted by atomic mass is 32.2. The molecule has 128 valence electrons. The molecule has 1 aromatic carbocycles. The number of halogens is 1. The van der Waals surface area contributed by atoms with Gasteiger partial charge in [-0.2, -0.15) is 0 Å². The molecule has 3 rings (SSSR count). The molecule has 2 aliphatic heterocycles. The highest BCUT2D eigenvalue weighted by molar-refractivity contribution is 7.94. The summed E-state index contributed by atoms with van der Waals surface area (Å²) in [6.07, 6.45) is -0.584. The number of carbonyl (C=O) groups is 2. The minimum Gasteiger partial charge on any atom is -0.612 e. The summed E-state index contributed by atoms with van der Waals surface area (Å²) in [5.41, 5.74) is 1.33. The molecule has 0 aliphatic carbocycles. The molecule has 1 unspecified atom stereocenters. The number of anilines is 1. The number of nitrogens with zero attached hydrogens (tertiary/aromatic N) is 1. The zero-order valence-corrected chi connectivity index (χ0v) is 13.9. The summed E-state index contributed by atoms with van der Waals surface area (Å²) in [5.74, 6) is -0.219. The van der Waals surface area contributed by atoms with Crippen LogP contribution in [0.4, 0.5) is 14.9 Å². The number of ether oxygens (including phenoxy) is 1. The van der Waals surface area contributed by atoms with Gasteiger partial charge < -0.3 is 14.6 Å². The van der Waals surface area contributed by atoms with Crippen LogP contribution in [0.5, 0.6) is 0 Å². The lowest BCUT2D eigenvalue weighted by Crippen LogP contribution is -2.33. The molecule has 6 nitrogen and oxygen atoms in total. The van der Waals surface area contributed by atoms with Crippen molar-refractivity contribution >= 4 is 34.4 Å². The normalized spacial score (nSPS) is 23.2. The molecule has 0 saturated carbocycles. The molecule has 1 saturated heterocycles. The predicted octanol–water partition coefficient (Wildman–Crippen LogP) is 1.78. The molecule has 8 heteroatoms. The molecular formula is C16H17FN2O4S. The summed E-state index contributed by atoms with van der Waals surface area (Å²) in [6.45, 7) is 1.80. The fourth-order valence-electron chi connectivity index (χ4n) is 2.81. The van der Waals surface area contributed by atoms with Crippen molar-refractivity contribution in [3.8, 4) is 0 Å². The van der Waals surface area contributed by atoms with Crippen molar-refractivity contribution in [2.24, 2.45) is 0 Å². The van der Waals surface area contributed by atoms with E-state index >= 15 is 0 Å². The average molecular weight is 352 g/mol. The molecular weight excluding hydrogens is 335 g/mol. The molecule has 0 aromatic heterocycles. The van der Waals surface area contributed by atoms with Crippen molar-refractivity contribution in [2.75, 3.05) is 23.7 Å². The summed E-state index contributed by atoms with van der Waals surface area (Å²) in [5, 5.41) is 4.14. The van der Waals surface area contributed by atoms with E-state index < -0.39 is 29.2 Å². The smallest absolute Gasteiger partial charge is 0.414 e. The lowest BCUT2D eigenvalue weighted by atomic mass is 10.0. The number of carbonyl (C=O) groups excluding carboxylic acids is 2. The zero-order chi connectivity index (χ0) is 17.3. The van der Waals surface area contributed by atoms with E-state index in [-0.39, 0.29) is 19.0 Å². The number of hydrogen-bond donors (Lipinski definition) is 1. The second-order valence-corrected chi connectivity index (χ2v) is 7.07. The Hall–Kier alpha value is -2.06. The number of allylic oxidation sites excluding steroid dienone is 1. The van der Waals surface area contributed by atoms with Gasteiger partial charge in [-0.15, -0.1) is 0 Å². The summed E-state index contributed by atoms with van der Waals surface area (Å²) in [4.78, 5) is 24.5. The number of cyclic esters (lactones) is 1. The van der Waals surface area contributed by atoms with Gasteiger partial charge in [0.15, 0.2) is 0 Å². The largest absolute Gasteiger partial charge is 0.612 e. The van der Waals surface area contributed by atoms with E-state index in [1.54, 1.807) is 6.07 Å². The third-order valence-electron chi connectivity index (χ3n) is 3.90. The van der Waals surface area contributed by atoms with Crippen LogP contribution >= 0.6 is 0 Å². The molecule has 2 amide bonds. The van der Waals surface area contributed by atoms with Gasteiger partial charge in [-0.25, -0.2) is 9.18 Å². The van der Waals surface area contributed by atoms with E-state index in [2.05, 4.69) is 5.32 Å². The Bertz CT molecular complexity index is 709. The molecule has 2 heterocycles. The topological polar surface area (TPSA) is 81.7 Å². The minimum absolute atomic E-state index is 0.203. The summed E-state index contributed by atoms with van der Waals surface area (Å²) in [7, 11) is 0. The first-order valence-electron chi connectivity index (χ1n) is 7.55. The molecule has 0 radical (unpaired) electrons. The van der Waals surface area contributed by atoms with Gasteiger partial charge in [0, 0.05) is 24.5 Å². The maximum absolute atomic E-state index is 14.4. The van der Waals surface area contributed by atoms with Crippen molar-refractivity contribution in [2.45, 2.75) is 19.4 Å². The SMILES string of the molecule is CC(=O)NC[C@H]1CN(c2cccc(F)c2C2=C[S+]([O-])CC2)C(=O)O1. The van der Waals surface area contributed by atoms with E-state index in [0.29, 0.717) is 29.0 Å². The van der Waals surface area contributed by atoms with Crippen molar-refractivity contribution in [3.05, 3.63) is 35.0 Å². The van der Waals surface area contributed by atoms with Crippen LogP contribution in [0, 0.1) is 5.82 Å². The van der Waals surface area contributed by atoms with Gasteiger partial charge in [0.1, 0.15) is 23.1 Å². The van der Waals surface area contributed by atoms with E-state index in [1.807, 2.05) is 0 Å². The van der Waals surface area contributed by atoms with E-state index in [1.165, 1.54) is 29.4 Å². The molecule has 1 N–H and O–H groups in total. The molecule has 24 heavy (non-hydrogen) atoms. The highest BCUT2D eigenvalue weighted by Crippen LogP contribution is 2.37. The van der Waals surface area contributed by atoms with Crippen LogP contribution in [0.15, 0.2) is 23.6 Å². The van der Waals surface area contributed by atoms with Crippen LogP contribution in [0.25, 0.3) is 5.57 Å². The maximum atomic E-state index is 14.4. The first-order valence-corrected chi connectivity index (χ1v) is 8.93. The van der Waals surface area contributed by atoms with Crippen molar-refractivity contribution in [3.63, 3.8) is 0 Å². The minimum atomic E-state index is -1.11. The van der Waals surface area contributed by atoms with Crippen molar-refractivity contribution in [1.82, 2.24) is 5.32 Å². The monoisotopic (exact) mass is 352 g/mol. The lowest BCUT2D eigenvalue weighted by molar-refractivity contribution is -0.119. The van der Waals surface area contributed by atoms with Gasteiger partial charge in [-0.1, -0.05) is 6.07 Å². The molecule has 1 fully saturated rings. The molecule has 2 aliphatic rings. The number of nitrogens with one attached hydrogen (secondary N) is 1. The lowest BCUT2D eigenvalue weighted by Gasteiger charge is -2.18. The Morgan fingerprint density at radius 3 is 3.00 bits per heavy atom. The van der Waals surface area contributed by atoms with Crippen LogP contribution in [-0.4, -0.2) is 41.5 Å². The Morgan fingerprint density at radius 2 is 2.33 bits per heavy atom. The molecule has 0 bridgehead atoms. The summed E-state index contributed by atoms with van der Waals surface area (Å²) >= 11 is -1.11. The van der Waals surface area contributed by atoms with Gasteiger partial charge in [0.2, 0.25) is 5.91 Å². The van der Waals surface area contributed by atoms with Crippen LogP contribution < -0.4 is 10.2 Å². The molecule has 2 atom stereocenters. The molecule has 0 spiro atoms. The zero-order valence-electron chi connectivity index (χ0n) is 13.1. The van der Waals surface area contributed by atoms with Crippen LogP contribution in [0.1, 0.15) is 18.9 Å². The molecule has 1 aromatic rings. The van der Waals surface area contributed by atoms with Crippen LogP contribution in [0.2, 0.25) is 0 Å². The second-order valence-electron chi connectivity index (χ2n) is 5.67. The number of hydrogen-bond acceptors (Lipinski definition) is 4. The van der Waals surface area contributed by atoms with Crippen LogP contribution in [-0.2, 0) is 20.7 Å². The maximum Gasteiger partial charge on any atom is 0.414 e. The number of amides is 2. The second kappa shape index (κ2) is 6.82. The standard InChI is InChI=1S/C16H17FN2O4S/c1-10(20)18-7-12-8-19(16(21)23-12)14-4-2-3-13(17)15(14)11-5-6-24(22)9-11/h2-4,9,12H,5-8H2,1H3,(H,18,20)/t12-,24?/m0/s1.